The Morgan fingerprint density at radius 3 is 2.65 bits per heavy atom. The third-order valence-corrected chi connectivity index (χ3v) is 5.95. The zero-order valence-electron chi connectivity index (χ0n) is 13.6. The van der Waals surface area contributed by atoms with Crippen LogP contribution < -0.4 is 10.6 Å². The molecule has 0 radical (unpaired) electrons. The fourth-order valence-electron chi connectivity index (χ4n) is 1.91. The molecule has 26 heavy (non-hydrogen) atoms. The molecule has 2 N–H and O–H groups in total. The summed E-state index contributed by atoms with van der Waals surface area (Å²) in [6.45, 7) is 0. The number of nitrogens with zero attached hydrogens (tertiary/aromatic N) is 2. The second kappa shape index (κ2) is 8.79. The largest absolute Gasteiger partial charge is 0.465 e. The molecule has 134 valence electrons. The molecule has 0 aliphatic rings. The summed E-state index contributed by atoms with van der Waals surface area (Å²) in [7, 11) is 1.36. The number of esters is 1. The van der Waals surface area contributed by atoms with Gasteiger partial charge in [0.15, 0.2) is 4.34 Å². The van der Waals surface area contributed by atoms with E-state index < -0.39 is 0 Å². The number of methoxy groups -OCH3 is 1. The minimum atomic E-state index is -0.357. The zero-order valence-corrected chi connectivity index (χ0v) is 16.0. The molecule has 0 aliphatic carbocycles. The molecule has 7 nitrogen and oxygen atoms in total. The molecule has 1 aromatic carbocycles. The van der Waals surface area contributed by atoms with E-state index in [1.807, 2.05) is 29.6 Å². The van der Waals surface area contributed by atoms with Crippen LogP contribution in [0.15, 0.2) is 46.1 Å². The molecular formula is C16H14N4O3S3. The van der Waals surface area contributed by atoms with Crippen molar-refractivity contribution in [2.24, 2.45) is 0 Å². The van der Waals surface area contributed by atoms with Gasteiger partial charge in [0, 0.05) is 5.75 Å². The first-order chi connectivity index (χ1) is 12.6. The summed E-state index contributed by atoms with van der Waals surface area (Å²) < 4.78 is 5.42. The van der Waals surface area contributed by atoms with Crippen molar-refractivity contribution in [3.05, 3.63) is 52.9 Å². The number of amides is 2. The number of hydrogen-bond acceptors (Lipinski definition) is 8. The van der Waals surface area contributed by atoms with Crippen molar-refractivity contribution < 1.29 is 14.3 Å². The van der Waals surface area contributed by atoms with E-state index in [2.05, 4.69) is 25.6 Å². The number of carbonyl (C=O) groups is 2. The normalized spacial score (nSPS) is 10.3. The molecular weight excluding hydrogens is 392 g/mol. The number of urea groups is 1. The van der Waals surface area contributed by atoms with Gasteiger partial charge in [-0.1, -0.05) is 35.2 Å². The molecule has 0 spiro atoms. The van der Waals surface area contributed by atoms with Crippen LogP contribution in [0.25, 0.3) is 0 Å². The number of anilines is 2. The van der Waals surface area contributed by atoms with Crippen LogP contribution in [0.1, 0.15) is 15.9 Å². The van der Waals surface area contributed by atoms with Crippen molar-refractivity contribution in [2.45, 2.75) is 10.1 Å². The highest BCUT2D eigenvalue weighted by Gasteiger charge is 2.10. The van der Waals surface area contributed by atoms with Gasteiger partial charge < -0.3 is 4.74 Å². The standard InChI is InChI=1S/C16H14N4O3S3/c1-23-13(21)11-6-4-10(5-7-11)9-25-16-20-19-15(26-16)18-14(22)17-12-3-2-8-24-12/h2-8H,9H2,1H3,(H2,17,18,19,22). The number of nitrogens with one attached hydrogen (secondary N) is 2. The molecule has 0 saturated carbocycles. The molecule has 2 heterocycles. The molecule has 2 aromatic heterocycles. The third kappa shape index (κ3) is 5.04. The van der Waals surface area contributed by atoms with E-state index in [1.54, 1.807) is 12.1 Å². The number of hydrogen-bond donors (Lipinski definition) is 2. The predicted octanol–water partition coefficient (Wildman–Crippen LogP) is 4.32. The summed E-state index contributed by atoms with van der Waals surface area (Å²) >= 11 is 4.25. The molecule has 10 heteroatoms. The van der Waals surface area contributed by atoms with Gasteiger partial charge in [-0.15, -0.1) is 21.5 Å². The highest BCUT2D eigenvalue weighted by molar-refractivity contribution is 8.00. The molecule has 2 amide bonds. The van der Waals surface area contributed by atoms with E-state index in [1.165, 1.54) is 41.5 Å². The van der Waals surface area contributed by atoms with E-state index in [0.29, 0.717) is 16.4 Å². The van der Waals surface area contributed by atoms with E-state index >= 15 is 0 Å². The van der Waals surface area contributed by atoms with E-state index in [9.17, 15) is 9.59 Å². The average Bonchev–Trinajstić information content (AvgIpc) is 3.31. The summed E-state index contributed by atoms with van der Waals surface area (Å²) in [5.74, 6) is 0.321. The molecule has 3 aromatic rings. The Labute approximate surface area is 161 Å². The first kappa shape index (κ1) is 18.4. The molecule has 0 bridgehead atoms. The van der Waals surface area contributed by atoms with Gasteiger partial charge in [0.05, 0.1) is 17.7 Å². The maximum absolute atomic E-state index is 11.9. The lowest BCUT2D eigenvalue weighted by Crippen LogP contribution is -2.18. The Balaban J connectivity index is 1.50. The number of thioether (sulfide) groups is 1. The first-order valence-corrected chi connectivity index (χ1v) is 10.1. The minimum Gasteiger partial charge on any atom is -0.465 e. The number of ether oxygens (including phenoxy) is 1. The van der Waals surface area contributed by atoms with Crippen molar-refractivity contribution in [1.82, 2.24) is 10.2 Å². The van der Waals surface area contributed by atoms with Crippen LogP contribution >= 0.6 is 34.4 Å². The lowest BCUT2D eigenvalue weighted by atomic mass is 10.1. The topological polar surface area (TPSA) is 93.2 Å². The van der Waals surface area contributed by atoms with Crippen molar-refractivity contribution in [3.8, 4) is 0 Å². The Bertz CT molecular complexity index is 879. The van der Waals surface area contributed by atoms with Crippen LogP contribution in [0.2, 0.25) is 0 Å². The fourth-order valence-corrected chi connectivity index (χ4v) is 4.22. The molecule has 0 aliphatic heterocycles. The van der Waals surface area contributed by atoms with Crippen LogP contribution in [0, 0.1) is 0 Å². The van der Waals surface area contributed by atoms with Gasteiger partial charge in [0.1, 0.15) is 0 Å². The summed E-state index contributed by atoms with van der Waals surface area (Å²) in [5.41, 5.74) is 1.56. The van der Waals surface area contributed by atoms with Crippen molar-refractivity contribution in [1.29, 1.82) is 0 Å². The van der Waals surface area contributed by atoms with Gasteiger partial charge in [-0.05, 0) is 35.2 Å². The van der Waals surface area contributed by atoms with Crippen LogP contribution in [0.5, 0.6) is 0 Å². The lowest BCUT2D eigenvalue weighted by Gasteiger charge is -2.02. The van der Waals surface area contributed by atoms with Crippen LogP contribution in [-0.2, 0) is 10.5 Å². The molecule has 0 fully saturated rings. The molecule has 0 unspecified atom stereocenters. The van der Waals surface area contributed by atoms with Gasteiger partial charge in [-0.25, -0.2) is 9.59 Å². The highest BCUT2D eigenvalue weighted by Crippen LogP contribution is 2.28. The van der Waals surface area contributed by atoms with Crippen molar-refractivity contribution in [2.75, 3.05) is 17.7 Å². The van der Waals surface area contributed by atoms with Crippen LogP contribution in [0.3, 0.4) is 0 Å². The highest BCUT2D eigenvalue weighted by atomic mass is 32.2. The maximum atomic E-state index is 11.9. The summed E-state index contributed by atoms with van der Waals surface area (Å²) in [5, 5.41) is 16.5. The van der Waals surface area contributed by atoms with Gasteiger partial charge in [-0.3, -0.25) is 10.6 Å². The number of thiophene rings is 1. The lowest BCUT2D eigenvalue weighted by molar-refractivity contribution is 0.0600. The Kier molecular flexibility index (Phi) is 6.21. The van der Waals surface area contributed by atoms with Crippen LogP contribution in [-0.4, -0.2) is 29.3 Å². The number of carbonyl (C=O) groups excluding carboxylic acids is 2. The SMILES string of the molecule is COC(=O)c1ccc(CSc2nnc(NC(=O)Nc3cccs3)s2)cc1. The Morgan fingerprint density at radius 2 is 1.96 bits per heavy atom. The maximum Gasteiger partial charge on any atom is 0.337 e. The average molecular weight is 407 g/mol. The summed E-state index contributed by atoms with van der Waals surface area (Å²) in [4.78, 5) is 23.3. The summed E-state index contributed by atoms with van der Waals surface area (Å²) in [6.07, 6.45) is 0. The van der Waals surface area contributed by atoms with Crippen LogP contribution in [0.4, 0.5) is 14.9 Å². The van der Waals surface area contributed by atoms with Crippen molar-refractivity contribution >= 4 is 56.6 Å². The number of rotatable bonds is 6. The molecule has 0 atom stereocenters. The smallest absolute Gasteiger partial charge is 0.337 e. The zero-order chi connectivity index (χ0) is 18.4. The minimum absolute atomic E-state index is 0.349. The predicted molar refractivity (Wildman–Crippen MR) is 104 cm³/mol. The van der Waals surface area contributed by atoms with E-state index in [4.69, 9.17) is 0 Å². The number of benzene rings is 1. The van der Waals surface area contributed by atoms with Crippen molar-refractivity contribution in [3.63, 3.8) is 0 Å². The van der Waals surface area contributed by atoms with E-state index in [0.717, 1.165) is 14.9 Å². The van der Waals surface area contributed by atoms with E-state index in [-0.39, 0.29) is 12.0 Å². The molecule has 0 saturated heterocycles. The quantitative estimate of drug-likeness (QED) is 0.360. The van der Waals surface area contributed by atoms with Gasteiger partial charge in [-0.2, -0.15) is 0 Å². The summed E-state index contributed by atoms with van der Waals surface area (Å²) in [6, 6.07) is 10.5. The Hall–Kier alpha value is -2.43. The second-order valence-corrected chi connectivity index (χ2v) is 8.05. The third-order valence-electron chi connectivity index (χ3n) is 3.12. The first-order valence-electron chi connectivity index (χ1n) is 7.39. The second-order valence-electron chi connectivity index (χ2n) is 4.91. The monoisotopic (exact) mass is 406 g/mol. The van der Waals surface area contributed by atoms with Gasteiger partial charge in [0.25, 0.3) is 0 Å². The Morgan fingerprint density at radius 1 is 1.15 bits per heavy atom. The van der Waals surface area contributed by atoms with Gasteiger partial charge in [0.2, 0.25) is 5.13 Å². The van der Waals surface area contributed by atoms with Gasteiger partial charge >= 0.3 is 12.0 Å². The molecule has 3 rings (SSSR count). The number of aromatic nitrogens is 2. The fraction of sp³-hybridized carbons (Fsp3) is 0.125.